The van der Waals surface area contributed by atoms with Crippen LogP contribution in [-0.4, -0.2) is 46.0 Å². The number of amides is 1. The van der Waals surface area contributed by atoms with E-state index in [1.807, 2.05) is 18.2 Å². The highest BCUT2D eigenvalue weighted by atomic mass is 16.5. The van der Waals surface area contributed by atoms with Gasteiger partial charge in [0.15, 0.2) is 0 Å². The van der Waals surface area contributed by atoms with Crippen LogP contribution in [0.25, 0.3) is 11.0 Å². The van der Waals surface area contributed by atoms with Crippen LogP contribution in [0, 0.1) is 5.92 Å². The number of carbonyl (C=O) groups is 2. The molecule has 2 N–H and O–H groups in total. The summed E-state index contributed by atoms with van der Waals surface area (Å²) in [5.41, 5.74) is 3.02. The molecule has 0 saturated carbocycles. The maximum Gasteiger partial charge on any atom is 0.295 e. The average Bonchev–Trinajstić information content (AvgIpc) is 3.43. The van der Waals surface area contributed by atoms with Gasteiger partial charge in [0.2, 0.25) is 5.78 Å². The molecule has 142 valence electrons. The number of ether oxygens (including phenoxy) is 1. The van der Waals surface area contributed by atoms with E-state index in [2.05, 4.69) is 9.97 Å². The standard InChI is InChI=1S/C21H19N3O4/c25-15-4-1-12(2-5-15)18-19(13-7-8-28-10-13)24(21(27)20(18)26)14-3-6-16-17(9-14)23-11-22-16/h1-6,9,11,13,18-19,25H,7-8,10H2,(H,22,23). The van der Waals surface area contributed by atoms with E-state index in [-0.39, 0.29) is 17.7 Å². The van der Waals surface area contributed by atoms with Crippen molar-refractivity contribution in [3.63, 3.8) is 0 Å². The Morgan fingerprint density at radius 1 is 1.14 bits per heavy atom. The van der Waals surface area contributed by atoms with Crippen molar-refractivity contribution in [3.8, 4) is 5.75 Å². The molecule has 3 aromatic rings. The van der Waals surface area contributed by atoms with Crippen LogP contribution in [0.15, 0.2) is 48.8 Å². The number of phenolic OH excluding ortho intramolecular Hbond substituents is 1. The summed E-state index contributed by atoms with van der Waals surface area (Å²) in [7, 11) is 0. The van der Waals surface area contributed by atoms with Crippen molar-refractivity contribution < 1.29 is 19.4 Å². The summed E-state index contributed by atoms with van der Waals surface area (Å²) in [6.45, 7) is 1.14. The molecule has 7 heteroatoms. The molecule has 2 aliphatic heterocycles. The number of phenols is 1. The molecule has 3 atom stereocenters. The minimum Gasteiger partial charge on any atom is -0.508 e. The monoisotopic (exact) mass is 377 g/mol. The van der Waals surface area contributed by atoms with Gasteiger partial charge in [-0.3, -0.25) is 9.59 Å². The molecule has 0 radical (unpaired) electrons. The number of nitrogens with one attached hydrogen (secondary N) is 1. The fourth-order valence-corrected chi connectivity index (χ4v) is 4.39. The van der Waals surface area contributed by atoms with Crippen molar-refractivity contribution in [1.82, 2.24) is 9.97 Å². The lowest BCUT2D eigenvalue weighted by atomic mass is 9.83. The number of nitrogens with zero attached hydrogens (tertiary/aromatic N) is 2. The lowest BCUT2D eigenvalue weighted by Gasteiger charge is -2.31. The number of Topliss-reactive ketones (excluding diaryl/α,β-unsaturated/α-hetero) is 1. The number of hydrogen-bond acceptors (Lipinski definition) is 5. The highest BCUT2D eigenvalue weighted by molar-refractivity contribution is 6.46. The Balaban J connectivity index is 1.62. The Morgan fingerprint density at radius 3 is 2.71 bits per heavy atom. The first-order valence-corrected chi connectivity index (χ1v) is 9.31. The van der Waals surface area contributed by atoms with Gasteiger partial charge in [-0.2, -0.15) is 0 Å². The lowest BCUT2D eigenvalue weighted by molar-refractivity contribution is -0.134. The first kappa shape index (κ1) is 16.9. The van der Waals surface area contributed by atoms with E-state index in [1.165, 1.54) is 0 Å². The third kappa shape index (κ3) is 2.58. The fourth-order valence-electron chi connectivity index (χ4n) is 4.39. The highest BCUT2D eigenvalue weighted by Gasteiger charge is 2.52. The van der Waals surface area contributed by atoms with Crippen LogP contribution in [0.3, 0.4) is 0 Å². The molecule has 2 saturated heterocycles. The minimum atomic E-state index is -0.586. The van der Waals surface area contributed by atoms with E-state index in [0.717, 1.165) is 23.0 Å². The summed E-state index contributed by atoms with van der Waals surface area (Å²) in [6, 6.07) is 11.7. The van der Waals surface area contributed by atoms with Crippen LogP contribution >= 0.6 is 0 Å². The van der Waals surface area contributed by atoms with Crippen molar-refractivity contribution in [1.29, 1.82) is 0 Å². The van der Waals surface area contributed by atoms with Gasteiger partial charge < -0.3 is 19.7 Å². The van der Waals surface area contributed by atoms with Gasteiger partial charge in [-0.25, -0.2) is 4.98 Å². The molecular formula is C21H19N3O4. The Morgan fingerprint density at radius 2 is 1.96 bits per heavy atom. The van der Waals surface area contributed by atoms with Crippen LogP contribution in [0.1, 0.15) is 17.9 Å². The van der Waals surface area contributed by atoms with Gasteiger partial charge in [-0.15, -0.1) is 0 Å². The number of aromatic nitrogens is 2. The second-order valence-corrected chi connectivity index (χ2v) is 7.33. The zero-order valence-corrected chi connectivity index (χ0v) is 15.0. The van der Waals surface area contributed by atoms with Crippen molar-refractivity contribution in [2.75, 3.05) is 18.1 Å². The number of aromatic hydroxyl groups is 1. The van der Waals surface area contributed by atoms with E-state index < -0.39 is 17.6 Å². The highest BCUT2D eigenvalue weighted by Crippen LogP contribution is 2.42. The number of carbonyl (C=O) groups excluding carboxylic acids is 2. The van der Waals surface area contributed by atoms with Gasteiger partial charge in [0.1, 0.15) is 5.75 Å². The van der Waals surface area contributed by atoms with Crippen molar-refractivity contribution >= 4 is 28.4 Å². The Hall–Kier alpha value is -3.19. The van der Waals surface area contributed by atoms with E-state index in [1.54, 1.807) is 35.5 Å². The van der Waals surface area contributed by atoms with Crippen LogP contribution in [-0.2, 0) is 14.3 Å². The molecule has 3 heterocycles. The number of anilines is 1. The topological polar surface area (TPSA) is 95.5 Å². The zero-order valence-electron chi connectivity index (χ0n) is 15.0. The molecule has 0 bridgehead atoms. The number of hydrogen-bond donors (Lipinski definition) is 2. The van der Waals surface area contributed by atoms with Crippen molar-refractivity contribution in [2.45, 2.75) is 18.4 Å². The molecule has 7 nitrogen and oxygen atoms in total. The molecule has 0 spiro atoms. The van der Waals surface area contributed by atoms with Gasteiger partial charge in [0.05, 0.1) is 35.9 Å². The third-order valence-corrected chi connectivity index (χ3v) is 5.73. The zero-order chi connectivity index (χ0) is 19.3. The second-order valence-electron chi connectivity index (χ2n) is 7.33. The van der Waals surface area contributed by atoms with Gasteiger partial charge in [-0.1, -0.05) is 12.1 Å². The van der Waals surface area contributed by atoms with E-state index in [4.69, 9.17) is 4.74 Å². The normalized spacial score (nSPS) is 25.1. The molecule has 1 amide bonds. The first-order valence-electron chi connectivity index (χ1n) is 9.31. The number of imidazole rings is 1. The largest absolute Gasteiger partial charge is 0.508 e. The van der Waals surface area contributed by atoms with Gasteiger partial charge >= 0.3 is 0 Å². The minimum absolute atomic E-state index is 0.0617. The Kier molecular flexibility index (Phi) is 3.91. The first-order chi connectivity index (χ1) is 13.6. The van der Waals surface area contributed by atoms with Crippen LogP contribution in [0.4, 0.5) is 5.69 Å². The number of rotatable bonds is 3. The van der Waals surface area contributed by atoms with Crippen LogP contribution < -0.4 is 4.90 Å². The molecule has 5 rings (SSSR count). The van der Waals surface area contributed by atoms with Gasteiger partial charge in [0, 0.05) is 18.2 Å². The Labute approximate surface area is 160 Å². The van der Waals surface area contributed by atoms with Crippen LogP contribution in [0.5, 0.6) is 5.75 Å². The fraction of sp³-hybridized carbons (Fsp3) is 0.286. The van der Waals surface area contributed by atoms with Crippen LogP contribution in [0.2, 0.25) is 0 Å². The average molecular weight is 377 g/mol. The molecule has 3 unspecified atom stereocenters. The maximum absolute atomic E-state index is 13.1. The van der Waals surface area contributed by atoms with E-state index in [9.17, 15) is 14.7 Å². The lowest BCUT2D eigenvalue weighted by Crippen LogP contribution is -2.41. The molecule has 2 aliphatic rings. The quantitative estimate of drug-likeness (QED) is 0.683. The maximum atomic E-state index is 13.1. The van der Waals surface area contributed by atoms with E-state index in [0.29, 0.717) is 18.9 Å². The van der Waals surface area contributed by atoms with Crippen molar-refractivity contribution in [3.05, 3.63) is 54.4 Å². The molecule has 2 fully saturated rings. The van der Waals surface area contributed by atoms with E-state index >= 15 is 0 Å². The summed E-state index contributed by atoms with van der Waals surface area (Å²) < 4.78 is 5.58. The Bertz CT molecular complexity index is 1050. The molecule has 2 aromatic carbocycles. The summed E-state index contributed by atoms with van der Waals surface area (Å²) in [4.78, 5) is 35.0. The molecule has 28 heavy (non-hydrogen) atoms. The second kappa shape index (κ2) is 6.45. The number of ketones is 1. The predicted octanol–water partition coefficient (Wildman–Crippen LogP) is 2.37. The number of fused-ring (bicyclic) bond motifs is 1. The third-order valence-electron chi connectivity index (χ3n) is 5.73. The SMILES string of the molecule is O=C1C(=O)N(c2ccc3nc[nH]c3c2)C(C2CCOC2)C1c1ccc(O)cc1. The summed E-state index contributed by atoms with van der Waals surface area (Å²) in [5.74, 6) is -1.33. The number of benzene rings is 2. The summed E-state index contributed by atoms with van der Waals surface area (Å²) in [5, 5.41) is 9.61. The molecular weight excluding hydrogens is 358 g/mol. The molecule has 0 aliphatic carbocycles. The summed E-state index contributed by atoms with van der Waals surface area (Å²) >= 11 is 0. The number of aromatic amines is 1. The summed E-state index contributed by atoms with van der Waals surface area (Å²) in [6.07, 6.45) is 2.40. The van der Waals surface area contributed by atoms with Gasteiger partial charge in [-0.05, 0) is 42.3 Å². The van der Waals surface area contributed by atoms with Crippen molar-refractivity contribution in [2.24, 2.45) is 5.92 Å². The predicted molar refractivity (Wildman–Crippen MR) is 102 cm³/mol. The van der Waals surface area contributed by atoms with Gasteiger partial charge in [0.25, 0.3) is 5.91 Å². The number of H-pyrrole nitrogens is 1. The smallest absolute Gasteiger partial charge is 0.295 e. The molecule has 1 aromatic heterocycles.